The Kier molecular flexibility index (Phi) is 2.70. The average molecular weight is 217 g/mol. The summed E-state index contributed by atoms with van der Waals surface area (Å²) in [5.74, 6) is 0.824. The zero-order valence-electron chi connectivity index (χ0n) is 9.80. The normalized spacial score (nSPS) is 34.2. The number of fused-ring (bicyclic) bond motifs is 2. The Labute approximate surface area is 97.2 Å². The van der Waals surface area contributed by atoms with Crippen molar-refractivity contribution in [1.82, 2.24) is 4.90 Å². The van der Waals surface area contributed by atoms with Crippen LogP contribution in [-0.4, -0.2) is 23.8 Å². The summed E-state index contributed by atoms with van der Waals surface area (Å²) < 4.78 is 5.98. The van der Waals surface area contributed by atoms with Crippen molar-refractivity contribution in [3.8, 4) is 0 Å². The number of nitrogens with zero attached hydrogens (tertiary/aromatic N) is 1. The fourth-order valence-electron chi connectivity index (χ4n) is 2.94. The molecule has 0 aromatic heterocycles. The van der Waals surface area contributed by atoms with E-state index in [-0.39, 0.29) is 0 Å². The van der Waals surface area contributed by atoms with E-state index < -0.39 is 0 Å². The molecule has 86 valence electrons. The van der Waals surface area contributed by atoms with Crippen LogP contribution in [0.4, 0.5) is 0 Å². The quantitative estimate of drug-likeness (QED) is 0.755. The van der Waals surface area contributed by atoms with Gasteiger partial charge in [0.1, 0.15) is 6.23 Å². The van der Waals surface area contributed by atoms with Crippen molar-refractivity contribution in [2.75, 3.05) is 6.54 Å². The third-order valence-electron chi connectivity index (χ3n) is 3.69. The Morgan fingerprint density at radius 1 is 1.25 bits per heavy atom. The Morgan fingerprint density at radius 2 is 2.06 bits per heavy atom. The van der Waals surface area contributed by atoms with Crippen molar-refractivity contribution < 1.29 is 4.74 Å². The van der Waals surface area contributed by atoms with Crippen LogP contribution in [0.1, 0.15) is 25.3 Å². The van der Waals surface area contributed by atoms with Crippen LogP contribution >= 0.6 is 0 Å². The van der Waals surface area contributed by atoms with Gasteiger partial charge in [-0.15, -0.1) is 0 Å². The molecule has 0 unspecified atom stereocenters. The molecule has 2 heterocycles. The summed E-state index contributed by atoms with van der Waals surface area (Å²) in [4.78, 5) is 2.49. The van der Waals surface area contributed by atoms with Gasteiger partial charge in [-0.25, -0.2) is 0 Å². The maximum Gasteiger partial charge on any atom is 0.111 e. The number of hydrogen-bond acceptors (Lipinski definition) is 2. The van der Waals surface area contributed by atoms with Crippen LogP contribution in [0.3, 0.4) is 0 Å². The van der Waals surface area contributed by atoms with E-state index in [1.165, 1.54) is 18.4 Å². The molecule has 3 rings (SSSR count). The van der Waals surface area contributed by atoms with E-state index in [4.69, 9.17) is 4.74 Å². The molecule has 3 atom stereocenters. The van der Waals surface area contributed by atoms with E-state index in [1.54, 1.807) is 0 Å². The lowest BCUT2D eigenvalue weighted by Crippen LogP contribution is -2.31. The van der Waals surface area contributed by atoms with Gasteiger partial charge in [0.15, 0.2) is 0 Å². The molecule has 0 N–H and O–H groups in total. The lowest BCUT2D eigenvalue weighted by atomic mass is 9.99. The van der Waals surface area contributed by atoms with Gasteiger partial charge in [0.25, 0.3) is 0 Å². The van der Waals surface area contributed by atoms with Gasteiger partial charge < -0.3 is 4.74 Å². The predicted molar refractivity (Wildman–Crippen MR) is 63.9 cm³/mol. The van der Waals surface area contributed by atoms with Crippen LogP contribution in [0.2, 0.25) is 0 Å². The third-order valence-corrected chi connectivity index (χ3v) is 3.69. The monoisotopic (exact) mass is 217 g/mol. The first-order chi connectivity index (χ1) is 7.81. The second-order valence-corrected chi connectivity index (χ2v) is 5.20. The largest absolute Gasteiger partial charge is 0.359 e. The van der Waals surface area contributed by atoms with Crippen molar-refractivity contribution in [2.45, 2.75) is 38.6 Å². The summed E-state index contributed by atoms with van der Waals surface area (Å²) >= 11 is 0. The molecular formula is C14H19NO. The fraction of sp³-hybridized carbons (Fsp3) is 0.571. The fourth-order valence-corrected chi connectivity index (χ4v) is 2.94. The van der Waals surface area contributed by atoms with Crippen LogP contribution in [-0.2, 0) is 11.3 Å². The summed E-state index contributed by atoms with van der Waals surface area (Å²) in [5, 5.41) is 0. The van der Waals surface area contributed by atoms with Gasteiger partial charge in [-0.1, -0.05) is 37.3 Å². The van der Waals surface area contributed by atoms with Crippen molar-refractivity contribution in [1.29, 1.82) is 0 Å². The molecule has 1 aromatic rings. The molecule has 1 aromatic carbocycles. The molecule has 0 aliphatic carbocycles. The molecule has 0 spiro atoms. The molecule has 2 bridgehead atoms. The number of hydrogen-bond donors (Lipinski definition) is 0. The molecule has 2 fully saturated rings. The highest BCUT2D eigenvalue weighted by Gasteiger charge is 2.38. The topological polar surface area (TPSA) is 12.5 Å². The molecule has 0 amide bonds. The molecule has 2 saturated heterocycles. The number of likely N-dealkylation sites (tertiary alicyclic amines) is 1. The second-order valence-electron chi connectivity index (χ2n) is 5.20. The standard InChI is InChI=1S/C14H19NO/c1-11-7-13-10-15(14(8-11)16-13)9-12-5-3-2-4-6-12/h2-6,11,13-14H,7-10H2,1H3/t11-,13+,14-/m0/s1. The van der Waals surface area contributed by atoms with Crippen LogP contribution in [0.5, 0.6) is 0 Å². The van der Waals surface area contributed by atoms with E-state index in [1.807, 2.05) is 0 Å². The maximum atomic E-state index is 5.98. The Hall–Kier alpha value is -0.860. The third kappa shape index (κ3) is 2.00. The van der Waals surface area contributed by atoms with Crippen LogP contribution in [0.25, 0.3) is 0 Å². The zero-order valence-corrected chi connectivity index (χ0v) is 9.80. The average Bonchev–Trinajstić information content (AvgIpc) is 2.55. The molecule has 0 radical (unpaired) electrons. The van der Waals surface area contributed by atoms with Gasteiger partial charge in [-0.3, -0.25) is 4.90 Å². The lowest BCUT2D eigenvalue weighted by molar-refractivity contribution is -0.0529. The molecule has 2 heteroatoms. The van der Waals surface area contributed by atoms with Gasteiger partial charge in [-0.05, 0) is 24.3 Å². The summed E-state index contributed by atoms with van der Waals surface area (Å²) in [5.41, 5.74) is 1.39. The minimum Gasteiger partial charge on any atom is -0.359 e. The van der Waals surface area contributed by atoms with E-state index in [0.29, 0.717) is 12.3 Å². The van der Waals surface area contributed by atoms with Crippen molar-refractivity contribution in [3.63, 3.8) is 0 Å². The summed E-state index contributed by atoms with van der Waals surface area (Å²) in [7, 11) is 0. The maximum absolute atomic E-state index is 5.98. The summed E-state index contributed by atoms with van der Waals surface area (Å²) in [6.45, 7) is 4.49. The second kappa shape index (κ2) is 4.19. The number of ether oxygens (including phenoxy) is 1. The number of benzene rings is 1. The summed E-state index contributed by atoms with van der Waals surface area (Å²) in [6, 6.07) is 10.7. The Morgan fingerprint density at radius 3 is 2.88 bits per heavy atom. The van der Waals surface area contributed by atoms with Gasteiger partial charge >= 0.3 is 0 Å². The minimum atomic E-state index is 0.369. The van der Waals surface area contributed by atoms with Gasteiger partial charge in [-0.2, -0.15) is 0 Å². The highest BCUT2D eigenvalue weighted by molar-refractivity contribution is 5.14. The molecular weight excluding hydrogens is 198 g/mol. The highest BCUT2D eigenvalue weighted by Crippen LogP contribution is 2.33. The Bertz CT molecular complexity index is 351. The zero-order chi connectivity index (χ0) is 11.0. The van der Waals surface area contributed by atoms with Crippen molar-refractivity contribution in [2.24, 2.45) is 5.92 Å². The number of rotatable bonds is 2. The van der Waals surface area contributed by atoms with Crippen molar-refractivity contribution >= 4 is 0 Å². The molecule has 2 nitrogen and oxygen atoms in total. The predicted octanol–water partition coefficient (Wildman–Crippen LogP) is 2.64. The SMILES string of the molecule is C[C@H]1C[C@@H]2CN(Cc3ccccc3)[C@H](C1)O2. The van der Waals surface area contributed by atoms with Crippen LogP contribution < -0.4 is 0 Å². The first-order valence-corrected chi connectivity index (χ1v) is 6.24. The van der Waals surface area contributed by atoms with Gasteiger partial charge in [0.05, 0.1) is 6.10 Å². The lowest BCUT2D eigenvalue weighted by Gasteiger charge is -2.27. The van der Waals surface area contributed by atoms with E-state index in [0.717, 1.165) is 19.0 Å². The van der Waals surface area contributed by atoms with Gasteiger partial charge in [0.2, 0.25) is 0 Å². The molecule has 16 heavy (non-hydrogen) atoms. The van der Waals surface area contributed by atoms with Gasteiger partial charge in [0, 0.05) is 13.1 Å². The van der Waals surface area contributed by atoms with E-state index in [2.05, 4.69) is 42.2 Å². The first kappa shape index (κ1) is 10.3. The van der Waals surface area contributed by atoms with Crippen molar-refractivity contribution in [3.05, 3.63) is 35.9 Å². The van der Waals surface area contributed by atoms with Crippen LogP contribution in [0.15, 0.2) is 30.3 Å². The van der Waals surface area contributed by atoms with E-state index >= 15 is 0 Å². The molecule has 0 saturated carbocycles. The summed E-state index contributed by atoms with van der Waals surface area (Å²) in [6.07, 6.45) is 3.29. The smallest absolute Gasteiger partial charge is 0.111 e. The highest BCUT2D eigenvalue weighted by atomic mass is 16.5. The van der Waals surface area contributed by atoms with Crippen LogP contribution in [0, 0.1) is 5.92 Å². The minimum absolute atomic E-state index is 0.369. The first-order valence-electron chi connectivity index (χ1n) is 6.24. The molecule has 2 aliphatic heterocycles. The molecule has 2 aliphatic rings. The Balaban J connectivity index is 1.69. The van der Waals surface area contributed by atoms with E-state index in [9.17, 15) is 0 Å².